The van der Waals surface area contributed by atoms with Gasteiger partial charge >= 0.3 is 0 Å². The van der Waals surface area contributed by atoms with E-state index in [2.05, 4.69) is 9.88 Å². The molecule has 19 heavy (non-hydrogen) atoms. The number of rotatable bonds is 5. The van der Waals surface area contributed by atoms with Crippen molar-refractivity contribution in [3.05, 3.63) is 47.3 Å². The molecule has 0 unspecified atom stereocenters. The van der Waals surface area contributed by atoms with Gasteiger partial charge in [0, 0.05) is 11.8 Å². The smallest absolute Gasteiger partial charge is 0.216 e. The lowest BCUT2D eigenvalue weighted by Crippen LogP contribution is -2.24. The Hall–Kier alpha value is -1.86. The van der Waals surface area contributed by atoms with Crippen molar-refractivity contribution in [2.45, 2.75) is 19.2 Å². The Morgan fingerprint density at radius 1 is 1.32 bits per heavy atom. The van der Waals surface area contributed by atoms with Gasteiger partial charge in [-0.05, 0) is 24.6 Å². The molecule has 1 heterocycles. The highest BCUT2D eigenvalue weighted by atomic mass is 32.2. The quantitative estimate of drug-likeness (QED) is 0.802. The minimum Gasteiger partial charge on any atom is -0.399 e. The molecule has 102 valence electrons. The first-order valence-electron chi connectivity index (χ1n) is 5.68. The van der Waals surface area contributed by atoms with Gasteiger partial charge in [0.25, 0.3) is 0 Å². The third-order valence-electron chi connectivity index (χ3n) is 2.49. The standard InChI is InChI=1S/C12H15N3O3S/c1-9-6-12(15-18-9)7-14-19(16,17)8-10-2-4-11(13)5-3-10/h2-6,14H,7-8,13H2,1H3. The Bertz CT molecular complexity index is 647. The average Bonchev–Trinajstić information content (AvgIpc) is 2.76. The van der Waals surface area contributed by atoms with Crippen LogP contribution in [-0.2, 0) is 22.3 Å². The number of nitrogens with zero attached hydrogens (tertiary/aromatic N) is 1. The lowest BCUT2D eigenvalue weighted by Gasteiger charge is -2.05. The first-order valence-corrected chi connectivity index (χ1v) is 7.34. The van der Waals surface area contributed by atoms with Crippen molar-refractivity contribution >= 4 is 15.7 Å². The first-order chi connectivity index (χ1) is 8.94. The van der Waals surface area contributed by atoms with Gasteiger partial charge in [-0.15, -0.1) is 0 Å². The number of aromatic nitrogens is 1. The predicted molar refractivity (Wildman–Crippen MR) is 71.6 cm³/mol. The average molecular weight is 281 g/mol. The van der Waals surface area contributed by atoms with Crippen LogP contribution in [0.2, 0.25) is 0 Å². The maximum atomic E-state index is 11.9. The van der Waals surface area contributed by atoms with Crippen LogP contribution in [-0.4, -0.2) is 13.6 Å². The fourth-order valence-electron chi connectivity index (χ4n) is 1.57. The van der Waals surface area contributed by atoms with Crippen molar-refractivity contribution in [2.24, 2.45) is 0 Å². The van der Waals surface area contributed by atoms with Gasteiger partial charge in [-0.25, -0.2) is 13.1 Å². The van der Waals surface area contributed by atoms with Crippen LogP contribution in [0.3, 0.4) is 0 Å². The van der Waals surface area contributed by atoms with Crippen molar-refractivity contribution in [3.63, 3.8) is 0 Å². The molecule has 0 spiro atoms. The van der Waals surface area contributed by atoms with E-state index in [1.807, 2.05) is 0 Å². The molecule has 2 aromatic rings. The number of nitrogen functional groups attached to an aromatic ring is 1. The van der Waals surface area contributed by atoms with E-state index in [0.717, 1.165) is 0 Å². The molecule has 0 radical (unpaired) electrons. The van der Waals surface area contributed by atoms with Crippen LogP contribution in [0.25, 0.3) is 0 Å². The number of nitrogens with one attached hydrogen (secondary N) is 1. The summed E-state index contributed by atoms with van der Waals surface area (Å²) in [7, 11) is -3.41. The maximum absolute atomic E-state index is 11.9. The molecule has 3 N–H and O–H groups in total. The van der Waals surface area contributed by atoms with E-state index in [1.54, 1.807) is 37.3 Å². The highest BCUT2D eigenvalue weighted by Gasteiger charge is 2.12. The number of benzene rings is 1. The molecule has 0 aliphatic carbocycles. The van der Waals surface area contributed by atoms with Gasteiger partial charge in [0.15, 0.2) is 0 Å². The number of hydrogen-bond acceptors (Lipinski definition) is 5. The summed E-state index contributed by atoms with van der Waals surface area (Å²) < 4.78 is 31.1. The highest BCUT2D eigenvalue weighted by Crippen LogP contribution is 2.09. The molecular formula is C12H15N3O3S. The zero-order valence-corrected chi connectivity index (χ0v) is 11.3. The van der Waals surface area contributed by atoms with E-state index >= 15 is 0 Å². The molecule has 1 aromatic heterocycles. The summed E-state index contributed by atoms with van der Waals surface area (Å²) in [6.07, 6.45) is 0. The monoisotopic (exact) mass is 281 g/mol. The van der Waals surface area contributed by atoms with E-state index < -0.39 is 10.0 Å². The van der Waals surface area contributed by atoms with E-state index in [1.165, 1.54) is 0 Å². The van der Waals surface area contributed by atoms with Crippen molar-refractivity contribution in [2.75, 3.05) is 5.73 Å². The fraction of sp³-hybridized carbons (Fsp3) is 0.250. The van der Waals surface area contributed by atoms with Gasteiger partial charge in [0.2, 0.25) is 10.0 Å². The van der Waals surface area contributed by atoms with Gasteiger partial charge in [0.05, 0.1) is 18.0 Å². The molecule has 7 heteroatoms. The summed E-state index contributed by atoms with van der Waals surface area (Å²) in [5.41, 5.74) is 7.38. The van der Waals surface area contributed by atoms with Gasteiger partial charge in [-0.1, -0.05) is 17.3 Å². The summed E-state index contributed by atoms with van der Waals surface area (Å²) >= 11 is 0. The van der Waals surface area contributed by atoms with Crippen LogP contribution in [0.5, 0.6) is 0 Å². The number of aryl methyl sites for hydroxylation is 1. The summed E-state index contributed by atoms with van der Waals surface area (Å²) in [4.78, 5) is 0. The Labute approximate surface area is 111 Å². The molecule has 0 aliphatic heterocycles. The van der Waals surface area contributed by atoms with Crippen LogP contribution >= 0.6 is 0 Å². The summed E-state index contributed by atoms with van der Waals surface area (Å²) in [5, 5.41) is 3.72. The van der Waals surface area contributed by atoms with Gasteiger partial charge in [0.1, 0.15) is 5.76 Å². The van der Waals surface area contributed by atoms with Gasteiger partial charge < -0.3 is 10.3 Å². The lowest BCUT2D eigenvalue weighted by molar-refractivity contribution is 0.390. The molecule has 0 bridgehead atoms. The summed E-state index contributed by atoms with van der Waals surface area (Å²) in [6.45, 7) is 1.87. The second-order valence-electron chi connectivity index (χ2n) is 4.25. The zero-order chi connectivity index (χ0) is 13.9. The number of nitrogens with two attached hydrogens (primary N) is 1. The minimum atomic E-state index is -3.41. The Kier molecular flexibility index (Phi) is 3.87. The van der Waals surface area contributed by atoms with Crippen molar-refractivity contribution in [1.29, 1.82) is 0 Å². The van der Waals surface area contributed by atoms with Crippen molar-refractivity contribution in [3.8, 4) is 0 Å². The lowest BCUT2D eigenvalue weighted by atomic mass is 10.2. The normalized spacial score (nSPS) is 11.6. The molecule has 0 amide bonds. The van der Waals surface area contributed by atoms with E-state index in [9.17, 15) is 8.42 Å². The third-order valence-corrected chi connectivity index (χ3v) is 3.78. The molecular weight excluding hydrogens is 266 g/mol. The topological polar surface area (TPSA) is 98.2 Å². The van der Waals surface area contributed by atoms with Crippen LogP contribution in [0.15, 0.2) is 34.9 Å². The van der Waals surface area contributed by atoms with E-state index in [-0.39, 0.29) is 12.3 Å². The minimum absolute atomic E-state index is 0.0931. The largest absolute Gasteiger partial charge is 0.399 e. The first kappa shape index (κ1) is 13.6. The summed E-state index contributed by atoms with van der Waals surface area (Å²) in [5.74, 6) is 0.553. The van der Waals surface area contributed by atoms with E-state index in [0.29, 0.717) is 22.7 Å². The number of hydrogen-bond donors (Lipinski definition) is 2. The molecule has 0 saturated carbocycles. The fourth-order valence-corrected chi connectivity index (χ4v) is 2.67. The van der Waals surface area contributed by atoms with Crippen LogP contribution in [0.4, 0.5) is 5.69 Å². The van der Waals surface area contributed by atoms with Gasteiger partial charge in [-0.2, -0.15) is 0 Å². The maximum Gasteiger partial charge on any atom is 0.216 e. The molecule has 1 aromatic carbocycles. The van der Waals surface area contributed by atoms with Crippen LogP contribution in [0, 0.1) is 6.92 Å². The molecule has 0 saturated heterocycles. The third kappa shape index (κ3) is 4.08. The molecule has 0 atom stereocenters. The van der Waals surface area contributed by atoms with Crippen molar-refractivity contribution in [1.82, 2.24) is 9.88 Å². The summed E-state index contributed by atoms with van der Waals surface area (Å²) in [6, 6.07) is 8.41. The zero-order valence-electron chi connectivity index (χ0n) is 10.5. The van der Waals surface area contributed by atoms with Gasteiger partial charge in [-0.3, -0.25) is 0 Å². The van der Waals surface area contributed by atoms with Crippen molar-refractivity contribution < 1.29 is 12.9 Å². The Balaban J connectivity index is 1.97. The second-order valence-corrected chi connectivity index (χ2v) is 6.06. The molecule has 0 fully saturated rings. The predicted octanol–water partition coefficient (Wildman–Crippen LogP) is 1.18. The Morgan fingerprint density at radius 2 is 2.00 bits per heavy atom. The highest BCUT2D eigenvalue weighted by molar-refractivity contribution is 7.88. The Morgan fingerprint density at radius 3 is 2.58 bits per heavy atom. The number of anilines is 1. The molecule has 0 aliphatic rings. The second kappa shape index (κ2) is 5.41. The SMILES string of the molecule is Cc1cc(CNS(=O)(=O)Cc2ccc(N)cc2)no1. The van der Waals surface area contributed by atoms with Crippen LogP contribution in [0.1, 0.15) is 17.0 Å². The molecule has 2 rings (SSSR count). The van der Waals surface area contributed by atoms with E-state index in [4.69, 9.17) is 10.3 Å². The number of sulfonamides is 1. The molecule has 6 nitrogen and oxygen atoms in total. The van der Waals surface area contributed by atoms with Crippen LogP contribution < -0.4 is 10.5 Å².